The van der Waals surface area contributed by atoms with Crippen molar-refractivity contribution in [3.05, 3.63) is 35.1 Å². The number of rotatable bonds is 1. The van der Waals surface area contributed by atoms with Gasteiger partial charge in [0.25, 0.3) is 0 Å². The van der Waals surface area contributed by atoms with Crippen LogP contribution in [0.15, 0.2) is 18.2 Å². The highest BCUT2D eigenvalue weighted by Crippen LogP contribution is 2.34. The molecule has 0 fully saturated rings. The van der Waals surface area contributed by atoms with Crippen molar-refractivity contribution < 1.29 is 4.39 Å². The SMILES string of the molecule is CN(C)C1CCc2ccc(F)cc21. The normalized spacial score (nSPS) is 20.8. The van der Waals surface area contributed by atoms with Crippen LogP contribution in [-0.4, -0.2) is 19.0 Å². The van der Waals surface area contributed by atoms with Crippen LogP contribution in [0.1, 0.15) is 23.6 Å². The van der Waals surface area contributed by atoms with E-state index in [-0.39, 0.29) is 5.82 Å². The van der Waals surface area contributed by atoms with Gasteiger partial charge in [0.2, 0.25) is 0 Å². The quantitative estimate of drug-likeness (QED) is 0.639. The van der Waals surface area contributed by atoms with Gasteiger partial charge in [0.1, 0.15) is 5.82 Å². The number of benzene rings is 1. The van der Waals surface area contributed by atoms with Gasteiger partial charge in [-0.2, -0.15) is 0 Å². The average Bonchev–Trinajstić information content (AvgIpc) is 2.46. The Morgan fingerprint density at radius 1 is 1.38 bits per heavy atom. The number of hydrogen-bond acceptors (Lipinski definition) is 1. The lowest BCUT2D eigenvalue weighted by atomic mass is 10.1. The fourth-order valence-corrected chi connectivity index (χ4v) is 2.09. The molecule has 1 aromatic carbocycles. The van der Waals surface area contributed by atoms with Gasteiger partial charge < -0.3 is 4.90 Å². The Bertz CT molecular complexity index is 320. The molecule has 2 heteroatoms. The third-order valence-electron chi connectivity index (χ3n) is 2.78. The minimum Gasteiger partial charge on any atom is -0.302 e. The monoisotopic (exact) mass is 179 g/mol. The lowest BCUT2D eigenvalue weighted by Crippen LogP contribution is -2.17. The van der Waals surface area contributed by atoms with Crippen molar-refractivity contribution >= 4 is 0 Å². The van der Waals surface area contributed by atoms with E-state index in [0.717, 1.165) is 12.8 Å². The molecule has 1 unspecified atom stereocenters. The third-order valence-corrected chi connectivity index (χ3v) is 2.78. The van der Waals surface area contributed by atoms with E-state index in [9.17, 15) is 4.39 Å². The highest BCUT2D eigenvalue weighted by Gasteiger charge is 2.23. The summed E-state index contributed by atoms with van der Waals surface area (Å²) in [6.45, 7) is 0. The minimum absolute atomic E-state index is 0.118. The molecule has 0 N–H and O–H groups in total. The lowest BCUT2D eigenvalue weighted by Gasteiger charge is -2.19. The molecule has 0 bridgehead atoms. The molecule has 70 valence electrons. The number of nitrogens with zero attached hydrogens (tertiary/aromatic N) is 1. The highest BCUT2D eigenvalue weighted by molar-refractivity contribution is 5.34. The summed E-state index contributed by atoms with van der Waals surface area (Å²) in [5.41, 5.74) is 2.48. The molecule has 2 rings (SSSR count). The summed E-state index contributed by atoms with van der Waals surface area (Å²) in [6, 6.07) is 5.54. The second kappa shape index (κ2) is 3.11. The number of fused-ring (bicyclic) bond motifs is 1. The van der Waals surface area contributed by atoms with Crippen molar-refractivity contribution in [1.82, 2.24) is 4.90 Å². The second-order valence-corrected chi connectivity index (χ2v) is 3.86. The zero-order valence-corrected chi connectivity index (χ0v) is 8.05. The Labute approximate surface area is 78.2 Å². The van der Waals surface area contributed by atoms with Gasteiger partial charge in [0.15, 0.2) is 0 Å². The maximum atomic E-state index is 13.0. The predicted molar refractivity (Wildman–Crippen MR) is 51.1 cm³/mol. The van der Waals surface area contributed by atoms with Crippen LogP contribution in [-0.2, 0) is 6.42 Å². The van der Waals surface area contributed by atoms with Crippen LogP contribution < -0.4 is 0 Å². The Balaban J connectivity index is 2.40. The van der Waals surface area contributed by atoms with Gasteiger partial charge >= 0.3 is 0 Å². The zero-order chi connectivity index (χ0) is 9.42. The number of hydrogen-bond donors (Lipinski definition) is 0. The second-order valence-electron chi connectivity index (χ2n) is 3.86. The van der Waals surface area contributed by atoms with Gasteiger partial charge in [-0.15, -0.1) is 0 Å². The van der Waals surface area contributed by atoms with Gasteiger partial charge in [0.05, 0.1) is 0 Å². The van der Waals surface area contributed by atoms with Gasteiger partial charge in [-0.1, -0.05) is 6.07 Å². The molecule has 13 heavy (non-hydrogen) atoms. The van der Waals surface area contributed by atoms with Gasteiger partial charge in [-0.05, 0) is 50.2 Å². The molecule has 1 aliphatic rings. The van der Waals surface area contributed by atoms with E-state index in [4.69, 9.17) is 0 Å². The molecule has 0 heterocycles. The molecule has 0 spiro atoms. The van der Waals surface area contributed by atoms with Gasteiger partial charge in [-0.25, -0.2) is 4.39 Å². The summed E-state index contributed by atoms with van der Waals surface area (Å²) in [4.78, 5) is 2.16. The summed E-state index contributed by atoms with van der Waals surface area (Å²) in [5, 5.41) is 0. The molecule has 0 saturated heterocycles. The molecular formula is C11H14FN. The van der Waals surface area contributed by atoms with Crippen molar-refractivity contribution in [2.75, 3.05) is 14.1 Å². The van der Waals surface area contributed by atoms with Crippen molar-refractivity contribution in [2.24, 2.45) is 0 Å². The van der Waals surface area contributed by atoms with E-state index in [2.05, 4.69) is 4.90 Å². The van der Waals surface area contributed by atoms with Crippen LogP contribution in [0, 0.1) is 5.82 Å². The van der Waals surface area contributed by atoms with Crippen LogP contribution >= 0.6 is 0 Å². The largest absolute Gasteiger partial charge is 0.302 e. The van der Waals surface area contributed by atoms with Crippen LogP contribution in [0.3, 0.4) is 0 Å². The molecular weight excluding hydrogens is 165 g/mol. The van der Waals surface area contributed by atoms with E-state index in [1.807, 2.05) is 20.2 Å². The van der Waals surface area contributed by atoms with Crippen LogP contribution in [0.5, 0.6) is 0 Å². The predicted octanol–water partition coefficient (Wildman–Crippen LogP) is 2.37. The molecule has 0 amide bonds. The van der Waals surface area contributed by atoms with E-state index < -0.39 is 0 Å². The Morgan fingerprint density at radius 2 is 2.15 bits per heavy atom. The number of aryl methyl sites for hydroxylation is 1. The van der Waals surface area contributed by atoms with E-state index in [1.165, 1.54) is 11.1 Å². The van der Waals surface area contributed by atoms with Gasteiger partial charge in [0, 0.05) is 6.04 Å². The van der Waals surface area contributed by atoms with Crippen molar-refractivity contribution in [3.63, 3.8) is 0 Å². The Morgan fingerprint density at radius 3 is 2.85 bits per heavy atom. The van der Waals surface area contributed by atoms with Crippen LogP contribution in [0.25, 0.3) is 0 Å². The molecule has 1 aliphatic carbocycles. The van der Waals surface area contributed by atoms with Crippen LogP contribution in [0.2, 0.25) is 0 Å². The average molecular weight is 179 g/mol. The first kappa shape index (κ1) is 8.70. The minimum atomic E-state index is -0.118. The molecule has 0 saturated carbocycles. The Hall–Kier alpha value is -0.890. The summed E-state index contributed by atoms with van der Waals surface area (Å²) < 4.78 is 13.0. The van der Waals surface area contributed by atoms with Gasteiger partial charge in [-0.3, -0.25) is 0 Å². The van der Waals surface area contributed by atoms with E-state index in [0.29, 0.717) is 6.04 Å². The standard InChI is InChI=1S/C11H14FN/c1-13(2)11-6-4-8-3-5-9(12)7-10(8)11/h3,5,7,11H,4,6H2,1-2H3. The number of halogens is 1. The lowest BCUT2D eigenvalue weighted by molar-refractivity contribution is 0.298. The summed E-state index contributed by atoms with van der Waals surface area (Å²) in [6.07, 6.45) is 2.20. The van der Waals surface area contributed by atoms with Crippen molar-refractivity contribution in [3.8, 4) is 0 Å². The molecule has 0 radical (unpaired) electrons. The smallest absolute Gasteiger partial charge is 0.123 e. The van der Waals surface area contributed by atoms with E-state index >= 15 is 0 Å². The first-order chi connectivity index (χ1) is 6.18. The third kappa shape index (κ3) is 1.46. The summed E-state index contributed by atoms with van der Waals surface area (Å²) in [7, 11) is 4.09. The van der Waals surface area contributed by atoms with Crippen molar-refractivity contribution in [2.45, 2.75) is 18.9 Å². The topological polar surface area (TPSA) is 3.24 Å². The fraction of sp³-hybridized carbons (Fsp3) is 0.455. The fourth-order valence-electron chi connectivity index (χ4n) is 2.09. The summed E-state index contributed by atoms with van der Waals surface area (Å²) in [5.74, 6) is -0.118. The zero-order valence-electron chi connectivity index (χ0n) is 8.05. The molecule has 0 aliphatic heterocycles. The molecule has 1 nitrogen and oxygen atoms in total. The first-order valence-electron chi connectivity index (χ1n) is 4.63. The van der Waals surface area contributed by atoms with Crippen molar-refractivity contribution in [1.29, 1.82) is 0 Å². The molecule has 1 atom stereocenters. The maximum absolute atomic E-state index is 13.0. The molecule has 0 aromatic heterocycles. The maximum Gasteiger partial charge on any atom is 0.123 e. The summed E-state index contributed by atoms with van der Waals surface area (Å²) >= 11 is 0. The molecule has 1 aromatic rings. The Kier molecular flexibility index (Phi) is 2.08. The van der Waals surface area contributed by atoms with E-state index in [1.54, 1.807) is 12.1 Å². The first-order valence-corrected chi connectivity index (χ1v) is 4.63. The highest BCUT2D eigenvalue weighted by atomic mass is 19.1. The van der Waals surface area contributed by atoms with Crippen LogP contribution in [0.4, 0.5) is 4.39 Å².